The molecule has 0 aromatic carbocycles. The van der Waals surface area contributed by atoms with Crippen molar-refractivity contribution >= 4 is 28.7 Å². The van der Waals surface area contributed by atoms with E-state index in [9.17, 15) is 4.79 Å². The third kappa shape index (κ3) is 1.30. The molecule has 1 aliphatic carbocycles. The third-order valence-corrected chi connectivity index (χ3v) is 4.03. The third-order valence-electron chi connectivity index (χ3n) is 2.97. The lowest BCUT2D eigenvalue weighted by atomic mass is 9.79. The molecule has 2 rings (SSSR count). The predicted molar refractivity (Wildman–Crippen MR) is 53.7 cm³/mol. The number of amides is 1. The number of hydrogen-bond acceptors (Lipinski definition) is 1. The number of hydrogen-bond donors (Lipinski definition) is 1. The fourth-order valence-electron chi connectivity index (χ4n) is 2.32. The number of halogens is 1. The monoisotopic (exact) mass is 281 g/mol. The highest BCUT2D eigenvalue weighted by atomic mass is 127. The molecule has 12 heavy (non-hydrogen) atoms. The minimum absolute atomic E-state index is 0.379. The van der Waals surface area contributed by atoms with Crippen LogP contribution in [0.5, 0.6) is 0 Å². The van der Waals surface area contributed by atoms with Crippen molar-refractivity contribution in [3.8, 4) is 0 Å². The Kier molecular flexibility index (Phi) is 1.97. The van der Waals surface area contributed by atoms with Crippen LogP contribution in [0.3, 0.4) is 0 Å². The van der Waals surface area contributed by atoms with Gasteiger partial charge in [0.1, 0.15) is 0 Å². The summed E-state index contributed by atoms with van der Waals surface area (Å²) < 4.78 is 0.776. The van der Waals surface area contributed by atoms with Crippen LogP contribution in [-0.4, -0.2) is 33.1 Å². The lowest BCUT2D eigenvalue weighted by Crippen LogP contribution is -2.56. The van der Waals surface area contributed by atoms with Crippen molar-refractivity contribution in [1.82, 2.24) is 4.90 Å². The molecule has 4 heteroatoms. The van der Waals surface area contributed by atoms with Gasteiger partial charge in [0, 0.05) is 22.4 Å². The molecule has 1 saturated heterocycles. The number of alkyl halides is 1. The first kappa shape index (κ1) is 8.59. The summed E-state index contributed by atoms with van der Waals surface area (Å²) in [6.07, 6.45) is 2.97. The average molecular weight is 281 g/mol. The maximum absolute atomic E-state index is 10.5. The largest absolute Gasteiger partial charge is 0.465 e. The van der Waals surface area contributed by atoms with Crippen LogP contribution < -0.4 is 0 Å². The number of likely N-dealkylation sites (tertiary alicyclic amines) is 1. The molecule has 2 aliphatic rings. The van der Waals surface area contributed by atoms with E-state index in [1.807, 2.05) is 0 Å². The summed E-state index contributed by atoms with van der Waals surface area (Å²) in [5.41, 5.74) is 0.379. The topological polar surface area (TPSA) is 40.5 Å². The highest BCUT2D eigenvalue weighted by molar-refractivity contribution is 14.1. The Labute approximate surface area is 85.3 Å². The maximum Gasteiger partial charge on any atom is 0.407 e. The lowest BCUT2D eigenvalue weighted by molar-refractivity contribution is 0.0156. The van der Waals surface area contributed by atoms with Crippen LogP contribution in [0.25, 0.3) is 0 Å². The van der Waals surface area contributed by atoms with E-state index >= 15 is 0 Å². The number of nitrogens with zero attached hydrogens (tertiary/aromatic N) is 1. The molecule has 1 atom stereocenters. The Balaban J connectivity index is 1.91. The molecule has 1 saturated carbocycles. The van der Waals surface area contributed by atoms with Crippen molar-refractivity contribution in [2.75, 3.05) is 13.1 Å². The van der Waals surface area contributed by atoms with Gasteiger partial charge in [-0.05, 0) is 19.3 Å². The molecule has 1 heterocycles. The molecule has 1 spiro atoms. The Bertz CT molecular complexity index is 213. The highest BCUT2D eigenvalue weighted by Crippen LogP contribution is 2.47. The summed E-state index contributed by atoms with van der Waals surface area (Å²) in [5, 5.41) is 8.67. The second-order valence-corrected chi connectivity index (χ2v) is 5.74. The summed E-state index contributed by atoms with van der Waals surface area (Å²) in [5.74, 6) is 0. The Morgan fingerprint density at radius 1 is 1.58 bits per heavy atom. The van der Waals surface area contributed by atoms with Crippen LogP contribution in [0.2, 0.25) is 0 Å². The molecule has 1 amide bonds. The molecule has 0 bridgehead atoms. The van der Waals surface area contributed by atoms with Crippen molar-refractivity contribution in [3.05, 3.63) is 0 Å². The Hall–Kier alpha value is 0. The van der Waals surface area contributed by atoms with Gasteiger partial charge >= 0.3 is 6.09 Å². The second kappa shape index (κ2) is 2.75. The van der Waals surface area contributed by atoms with Gasteiger partial charge in [0.05, 0.1) is 0 Å². The summed E-state index contributed by atoms with van der Waals surface area (Å²) in [6, 6.07) is 0. The zero-order valence-electron chi connectivity index (χ0n) is 6.79. The van der Waals surface area contributed by atoms with Gasteiger partial charge in [0.2, 0.25) is 0 Å². The van der Waals surface area contributed by atoms with Gasteiger partial charge in [-0.2, -0.15) is 0 Å². The van der Waals surface area contributed by atoms with Crippen molar-refractivity contribution < 1.29 is 9.90 Å². The first-order chi connectivity index (χ1) is 5.61. The zero-order valence-corrected chi connectivity index (χ0v) is 8.95. The predicted octanol–water partition coefficient (Wildman–Crippen LogP) is 1.95. The lowest BCUT2D eigenvalue weighted by Gasteiger charge is -2.46. The van der Waals surface area contributed by atoms with E-state index < -0.39 is 6.09 Å². The fraction of sp³-hybridized carbons (Fsp3) is 0.875. The van der Waals surface area contributed by atoms with Crippen LogP contribution in [0.15, 0.2) is 0 Å². The smallest absolute Gasteiger partial charge is 0.407 e. The minimum Gasteiger partial charge on any atom is -0.465 e. The summed E-state index contributed by atoms with van der Waals surface area (Å²) in [7, 11) is 0. The van der Waals surface area contributed by atoms with E-state index in [4.69, 9.17) is 5.11 Å². The molecule has 0 aromatic heterocycles. The Morgan fingerprint density at radius 2 is 2.25 bits per heavy atom. The van der Waals surface area contributed by atoms with E-state index in [-0.39, 0.29) is 0 Å². The van der Waals surface area contributed by atoms with E-state index in [1.165, 1.54) is 24.2 Å². The first-order valence-corrected chi connectivity index (χ1v) is 5.48. The van der Waals surface area contributed by atoms with E-state index in [0.29, 0.717) is 5.41 Å². The molecule has 1 aliphatic heterocycles. The van der Waals surface area contributed by atoms with Crippen molar-refractivity contribution in [3.63, 3.8) is 0 Å². The molecule has 2 fully saturated rings. The summed E-state index contributed by atoms with van der Waals surface area (Å²) in [6.45, 7) is 1.56. The van der Waals surface area contributed by atoms with Crippen LogP contribution in [0.1, 0.15) is 19.3 Å². The maximum atomic E-state index is 10.5. The molecular weight excluding hydrogens is 269 g/mol. The van der Waals surface area contributed by atoms with Gasteiger partial charge in [-0.3, -0.25) is 0 Å². The molecular formula is C8H12INO2. The zero-order chi connectivity index (χ0) is 8.77. The van der Waals surface area contributed by atoms with E-state index in [1.54, 1.807) is 0 Å². The van der Waals surface area contributed by atoms with E-state index in [2.05, 4.69) is 22.6 Å². The normalized spacial score (nSPS) is 32.1. The van der Waals surface area contributed by atoms with Crippen LogP contribution >= 0.6 is 22.6 Å². The van der Waals surface area contributed by atoms with Crippen LogP contribution in [0, 0.1) is 5.41 Å². The highest BCUT2D eigenvalue weighted by Gasteiger charge is 2.49. The number of rotatable bonds is 0. The van der Waals surface area contributed by atoms with Crippen molar-refractivity contribution in [1.29, 1.82) is 0 Å². The quantitative estimate of drug-likeness (QED) is 0.544. The standard InChI is InChI=1S/C8H12INO2/c9-6-1-2-8(3-6)4-10(5-8)7(11)12/h6H,1-5H2,(H,11,12). The van der Waals surface area contributed by atoms with Gasteiger partial charge in [-0.1, -0.05) is 22.6 Å². The second-order valence-electron chi connectivity index (χ2n) is 3.98. The number of carbonyl (C=O) groups is 1. The SMILES string of the molecule is O=C(O)N1CC2(CCC(I)C2)C1. The van der Waals surface area contributed by atoms with Crippen LogP contribution in [0.4, 0.5) is 4.79 Å². The fourth-order valence-corrected chi connectivity index (χ4v) is 3.57. The Morgan fingerprint density at radius 3 is 2.67 bits per heavy atom. The van der Waals surface area contributed by atoms with Gasteiger partial charge < -0.3 is 10.0 Å². The minimum atomic E-state index is -0.752. The van der Waals surface area contributed by atoms with Gasteiger partial charge in [-0.25, -0.2) is 4.79 Å². The first-order valence-electron chi connectivity index (χ1n) is 4.23. The molecule has 68 valence electrons. The van der Waals surface area contributed by atoms with Gasteiger partial charge in [-0.15, -0.1) is 0 Å². The van der Waals surface area contributed by atoms with Gasteiger partial charge in [0.15, 0.2) is 0 Å². The molecule has 0 aromatic rings. The summed E-state index contributed by atoms with van der Waals surface area (Å²) >= 11 is 2.47. The average Bonchev–Trinajstić information content (AvgIpc) is 2.27. The molecule has 3 nitrogen and oxygen atoms in total. The van der Waals surface area contributed by atoms with E-state index in [0.717, 1.165) is 17.0 Å². The summed E-state index contributed by atoms with van der Waals surface area (Å²) in [4.78, 5) is 12.0. The molecule has 1 N–H and O–H groups in total. The molecule has 0 radical (unpaired) electrons. The number of carboxylic acid groups (broad SMARTS) is 1. The van der Waals surface area contributed by atoms with Crippen molar-refractivity contribution in [2.24, 2.45) is 5.41 Å². The van der Waals surface area contributed by atoms with Crippen molar-refractivity contribution in [2.45, 2.75) is 23.2 Å². The van der Waals surface area contributed by atoms with Gasteiger partial charge in [0.25, 0.3) is 0 Å². The molecule has 1 unspecified atom stereocenters. The van der Waals surface area contributed by atoms with Crippen LogP contribution in [-0.2, 0) is 0 Å².